The van der Waals surface area contributed by atoms with Crippen LogP contribution in [0.15, 0.2) is 0 Å². The Bertz CT molecular complexity index is 153. The summed E-state index contributed by atoms with van der Waals surface area (Å²) in [5.41, 5.74) is 0. The van der Waals surface area contributed by atoms with E-state index in [1.165, 1.54) is 43.6 Å². The van der Waals surface area contributed by atoms with Gasteiger partial charge in [0.1, 0.15) is 0 Å². The second-order valence-electron chi connectivity index (χ2n) is 5.31. The molecule has 2 heteroatoms. The van der Waals surface area contributed by atoms with Crippen LogP contribution in [0, 0.1) is 5.92 Å². The molecule has 1 aliphatic rings. The summed E-state index contributed by atoms with van der Waals surface area (Å²) in [7, 11) is 0. The van der Waals surface area contributed by atoms with Gasteiger partial charge in [-0.05, 0) is 37.9 Å². The molecule has 1 heterocycles. The first-order valence-electron chi connectivity index (χ1n) is 6.52. The first kappa shape index (κ1) is 13.4. The Morgan fingerprint density at radius 2 is 2.07 bits per heavy atom. The molecule has 0 radical (unpaired) electrons. The van der Waals surface area contributed by atoms with E-state index >= 15 is 0 Å². The molecule has 1 saturated heterocycles. The Labute approximate surface area is 99.8 Å². The van der Waals surface area contributed by atoms with Crippen LogP contribution < -0.4 is 5.32 Å². The molecule has 0 unspecified atom stereocenters. The van der Waals surface area contributed by atoms with Gasteiger partial charge in [-0.1, -0.05) is 26.7 Å². The molecule has 15 heavy (non-hydrogen) atoms. The van der Waals surface area contributed by atoms with Crippen LogP contribution in [0.3, 0.4) is 0 Å². The van der Waals surface area contributed by atoms with Crippen LogP contribution in [-0.4, -0.2) is 23.6 Å². The molecule has 90 valence electrons. The van der Waals surface area contributed by atoms with Crippen molar-refractivity contribution in [2.75, 3.05) is 11.5 Å². The molecule has 1 rings (SSSR count). The maximum atomic E-state index is 3.77. The third kappa shape index (κ3) is 6.47. The van der Waals surface area contributed by atoms with Crippen molar-refractivity contribution in [1.82, 2.24) is 5.32 Å². The minimum absolute atomic E-state index is 0.715. The average molecular weight is 229 g/mol. The van der Waals surface area contributed by atoms with Crippen molar-refractivity contribution in [3.8, 4) is 0 Å². The lowest BCUT2D eigenvalue weighted by atomic mass is 10.0. The molecular formula is C13H27NS. The smallest absolute Gasteiger partial charge is 0.0160 e. The summed E-state index contributed by atoms with van der Waals surface area (Å²) in [6.45, 7) is 6.98. The lowest BCUT2D eigenvalue weighted by Crippen LogP contribution is -2.39. The van der Waals surface area contributed by atoms with Gasteiger partial charge in [-0.3, -0.25) is 0 Å². The molecule has 0 bridgehead atoms. The summed E-state index contributed by atoms with van der Waals surface area (Å²) >= 11 is 2.11. The van der Waals surface area contributed by atoms with Crippen molar-refractivity contribution in [2.24, 2.45) is 5.92 Å². The van der Waals surface area contributed by atoms with E-state index in [4.69, 9.17) is 0 Å². The van der Waals surface area contributed by atoms with Gasteiger partial charge in [0.15, 0.2) is 0 Å². The predicted molar refractivity (Wildman–Crippen MR) is 71.6 cm³/mol. The minimum atomic E-state index is 0.715. The monoisotopic (exact) mass is 229 g/mol. The summed E-state index contributed by atoms with van der Waals surface area (Å²) in [6, 6.07) is 1.50. The molecule has 0 aromatic carbocycles. The molecule has 1 nitrogen and oxygen atoms in total. The van der Waals surface area contributed by atoms with Crippen molar-refractivity contribution in [3.63, 3.8) is 0 Å². The van der Waals surface area contributed by atoms with Crippen molar-refractivity contribution in [3.05, 3.63) is 0 Å². The molecular weight excluding hydrogens is 202 g/mol. The summed E-state index contributed by atoms with van der Waals surface area (Å²) in [6.07, 6.45) is 6.90. The maximum Gasteiger partial charge on any atom is 0.0160 e. The van der Waals surface area contributed by atoms with Crippen LogP contribution in [0.4, 0.5) is 0 Å². The van der Waals surface area contributed by atoms with Crippen molar-refractivity contribution in [2.45, 2.75) is 65.0 Å². The maximum absolute atomic E-state index is 3.77. The van der Waals surface area contributed by atoms with E-state index in [1.54, 1.807) is 0 Å². The second-order valence-corrected chi connectivity index (χ2v) is 6.46. The molecule has 0 aromatic rings. The third-order valence-corrected chi connectivity index (χ3v) is 4.31. The van der Waals surface area contributed by atoms with Crippen LogP contribution in [0.25, 0.3) is 0 Å². The zero-order chi connectivity index (χ0) is 11.1. The van der Waals surface area contributed by atoms with Gasteiger partial charge in [-0.15, -0.1) is 0 Å². The molecule has 0 saturated carbocycles. The molecule has 0 amide bonds. The first-order valence-corrected chi connectivity index (χ1v) is 7.67. The fraction of sp³-hybridized carbons (Fsp3) is 1.00. The van der Waals surface area contributed by atoms with Crippen LogP contribution in [-0.2, 0) is 0 Å². The number of hydrogen-bond acceptors (Lipinski definition) is 2. The molecule has 2 atom stereocenters. The van der Waals surface area contributed by atoms with E-state index in [-0.39, 0.29) is 0 Å². The number of rotatable bonds is 6. The van der Waals surface area contributed by atoms with Crippen LogP contribution in [0.1, 0.15) is 52.9 Å². The molecule has 1 aliphatic heterocycles. The van der Waals surface area contributed by atoms with Gasteiger partial charge in [0.25, 0.3) is 0 Å². The van der Waals surface area contributed by atoms with Gasteiger partial charge >= 0.3 is 0 Å². The number of thioether (sulfide) groups is 1. The molecule has 1 fully saturated rings. The SMILES string of the molecule is CC(C)CCC[C@H](C)N[C@H]1CCCSC1. The summed E-state index contributed by atoms with van der Waals surface area (Å²) in [5.74, 6) is 3.57. The van der Waals surface area contributed by atoms with Crippen LogP contribution >= 0.6 is 11.8 Å². The highest BCUT2D eigenvalue weighted by Gasteiger charge is 2.15. The third-order valence-electron chi connectivity index (χ3n) is 3.10. The molecule has 1 N–H and O–H groups in total. The molecule has 0 aromatic heterocycles. The topological polar surface area (TPSA) is 12.0 Å². The van der Waals surface area contributed by atoms with Gasteiger partial charge in [0, 0.05) is 17.8 Å². The standard InChI is InChI=1S/C13H27NS/c1-11(2)6-4-7-12(3)14-13-8-5-9-15-10-13/h11-14H,4-10H2,1-3H3/t12-,13-/m0/s1. The Balaban J connectivity index is 2.03. The van der Waals surface area contributed by atoms with Crippen molar-refractivity contribution < 1.29 is 0 Å². The summed E-state index contributed by atoms with van der Waals surface area (Å²) < 4.78 is 0. The lowest BCUT2D eigenvalue weighted by Gasteiger charge is -2.26. The Kier molecular flexibility index (Phi) is 6.74. The Hall–Kier alpha value is 0.310. The molecule has 0 spiro atoms. The lowest BCUT2D eigenvalue weighted by molar-refractivity contribution is 0.404. The van der Waals surface area contributed by atoms with Gasteiger partial charge in [-0.25, -0.2) is 0 Å². The second kappa shape index (κ2) is 7.56. The highest BCUT2D eigenvalue weighted by molar-refractivity contribution is 7.99. The van der Waals surface area contributed by atoms with E-state index in [1.807, 2.05) is 0 Å². The van der Waals surface area contributed by atoms with E-state index in [0.717, 1.165) is 12.0 Å². The van der Waals surface area contributed by atoms with Gasteiger partial charge in [0.2, 0.25) is 0 Å². The molecule has 0 aliphatic carbocycles. The van der Waals surface area contributed by atoms with Crippen LogP contribution in [0.5, 0.6) is 0 Å². The Morgan fingerprint density at radius 3 is 2.67 bits per heavy atom. The van der Waals surface area contributed by atoms with E-state index in [0.29, 0.717) is 6.04 Å². The zero-order valence-electron chi connectivity index (χ0n) is 10.6. The first-order chi connectivity index (χ1) is 7.18. The quantitative estimate of drug-likeness (QED) is 0.745. The van der Waals surface area contributed by atoms with E-state index in [9.17, 15) is 0 Å². The van der Waals surface area contributed by atoms with Crippen molar-refractivity contribution in [1.29, 1.82) is 0 Å². The Morgan fingerprint density at radius 1 is 1.27 bits per heavy atom. The fourth-order valence-electron chi connectivity index (χ4n) is 2.19. The normalized spacial score (nSPS) is 24.4. The number of nitrogens with one attached hydrogen (secondary N) is 1. The highest BCUT2D eigenvalue weighted by atomic mass is 32.2. The van der Waals surface area contributed by atoms with E-state index in [2.05, 4.69) is 37.8 Å². The predicted octanol–water partition coefficient (Wildman–Crippen LogP) is 3.69. The van der Waals surface area contributed by atoms with Crippen LogP contribution in [0.2, 0.25) is 0 Å². The highest BCUT2D eigenvalue weighted by Crippen LogP contribution is 2.18. The average Bonchev–Trinajstić information content (AvgIpc) is 2.18. The summed E-state index contributed by atoms with van der Waals surface area (Å²) in [5, 5.41) is 3.77. The van der Waals surface area contributed by atoms with Gasteiger partial charge < -0.3 is 5.32 Å². The minimum Gasteiger partial charge on any atom is -0.311 e. The van der Waals surface area contributed by atoms with Gasteiger partial charge in [-0.2, -0.15) is 11.8 Å². The largest absolute Gasteiger partial charge is 0.311 e. The summed E-state index contributed by atoms with van der Waals surface area (Å²) in [4.78, 5) is 0. The zero-order valence-corrected chi connectivity index (χ0v) is 11.4. The van der Waals surface area contributed by atoms with E-state index < -0.39 is 0 Å². The van der Waals surface area contributed by atoms with Gasteiger partial charge in [0.05, 0.1) is 0 Å². The fourth-order valence-corrected chi connectivity index (χ4v) is 3.28. The number of hydrogen-bond donors (Lipinski definition) is 1. The van der Waals surface area contributed by atoms with Crippen molar-refractivity contribution >= 4 is 11.8 Å².